The van der Waals surface area contributed by atoms with Crippen molar-refractivity contribution < 1.29 is 19.1 Å². The quantitative estimate of drug-likeness (QED) is 0.517. The maximum absolute atomic E-state index is 11.7. The number of ether oxygens (including phenoxy) is 2. The van der Waals surface area contributed by atoms with Crippen molar-refractivity contribution in [1.82, 2.24) is 0 Å². The molecule has 0 N–H and O–H groups in total. The molecule has 1 unspecified atom stereocenters. The van der Waals surface area contributed by atoms with Gasteiger partial charge < -0.3 is 9.47 Å². The lowest BCUT2D eigenvalue weighted by Gasteiger charge is -2.14. The van der Waals surface area contributed by atoms with Gasteiger partial charge >= 0.3 is 11.9 Å². The number of esters is 2. The van der Waals surface area contributed by atoms with Gasteiger partial charge in [-0.15, -0.1) is 0 Å². The van der Waals surface area contributed by atoms with Gasteiger partial charge in [-0.3, -0.25) is 0 Å². The highest BCUT2D eigenvalue weighted by Crippen LogP contribution is 2.19. The van der Waals surface area contributed by atoms with E-state index in [2.05, 4.69) is 6.58 Å². The predicted octanol–water partition coefficient (Wildman–Crippen LogP) is 3.47. The van der Waals surface area contributed by atoms with Crippen LogP contribution >= 0.6 is 0 Å². The fourth-order valence-corrected chi connectivity index (χ4v) is 2.16. The molecule has 1 aromatic carbocycles. The predicted molar refractivity (Wildman–Crippen MR) is 89.8 cm³/mol. The summed E-state index contributed by atoms with van der Waals surface area (Å²) in [6.07, 6.45) is 4.32. The summed E-state index contributed by atoms with van der Waals surface area (Å²) < 4.78 is 9.86. The molecule has 0 aliphatic heterocycles. The number of hydrogen-bond acceptors (Lipinski definition) is 4. The largest absolute Gasteiger partial charge is 0.463 e. The van der Waals surface area contributed by atoms with E-state index in [0.717, 1.165) is 5.56 Å². The van der Waals surface area contributed by atoms with Crippen molar-refractivity contribution in [2.75, 3.05) is 13.2 Å². The molecule has 1 rings (SSSR count). The Morgan fingerprint density at radius 2 is 1.78 bits per heavy atom. The van der Waals surface area contributed by atoms with E-state index in [4.69, 9.17) is 9.47 Å². The average molecular weight is 316 g/mol. The molecular weight excluding hydrogens is 292 g/mol. The third kappa shape index (κ3) is 7.45. The normalized spacial score (nSPS) is 11.9. The van der Waals surface area contributed by atoms with Crippen molar-refractivity contribution in [3.63, 3.8) is 0 Å². The molecule has 0 aliphatic rings. The number of benzene rings is 1. The summed E-state index contributed by atoms with van der Waals surface area (Å²) in [4.78, 5) is 23.2. The van der Waals surface area contributed by atoms with Gasteiger partial charge in [0.1, 0.15) is 0 Å². The zero-order chi connectivity index (χ0) is 17.1. The Morgan fingerprint density at radius 1 is 1.13 bits per heavy atom. The summed E-state index contributed by atoms with van der Waals surface area (Å²) in [6.45, 7) is 7.97. The van der Waals surface area contributed by atoms with Gasteiger partial charge in [0.05, 0.1) is 13.2 Å². The van der Waals surface area contributed by atoms with E-state index in [9.17, 15) is 9.59 Å². The molecule has 0 heterocycles. The number of carbonyl (C=O) groups is 2. The fourth-order valence-electron chi connectivity index (χ4n) is 2.16. The summed E-state index contributed by atoms with van der Waals surface area (Å²) in [5.74, 6) is -0.805. The minimum atomic E-state index is -0.393. The first-order valence-electron chi connectivity index (χ1n) is 7.80. The van der Waals surface area contributed by atoms with Gasteiger partial charge in [0.2, 0.25) is 0 Å². The first-order valence-corrected chi connectivity index (χ1v) is 7.80. The van der Waals surface area contributed by atoms with E-state index in [1.54, 1.807) is 19.9 Å². The Hall–Kier alpha value is -2.36. The van der Waals surface area contributed by atoms with E-state index in [0.29, 0.717) is 31.6 Å². The zero-order valence-electron chi connectivity index (χ0n) is 13.8. The molecule has 4 nitrogen and oxygen atoms in total. The van der Waals surface area contributed by atoms with E-state index in [1.807, 2.05) is 30.3 Å². The minimum absolute atomic E-state index is 0.0290. The second kappa shape index (κ2) is 10.4. The molecule has 0 amide bonds. The van der Waals surface area contributed by atoms with Gasteiger partial charge in [0.15, 0.2) is 0 Å². The van der Waals surface area contributed by atoms with E-state index < -0.39 is 5.97 Å². The summed E-state index contributed by atoms with van der Waals surface area (Å²) in [7, 11) is 0. The Labute approximate surface area is 137 Å². The number of hydrogen-bond donors (Lipinski definition) is 0. The third-order valence-corrected chi connectivity index (χ3v) is 3.20. The van der Waals surface area contributed by atoms with Crippen LogP contribution in [0.3, 0.4) is 0 Å². The Kier molecular flexibility index (Phi) is 8.43. The van der Waals surface area contributed by atoms with Crippen LogP contribution in [0.1, 0.15) is 25.8 Å². The SMILES string of the molecule is C=C(CC(/C=C/C(=O)OCC)Cc1ccccc1)C(=O)OCC. The zero-order valence-corrected chi connectivity index (χ0v) is 13.8. The van der Waals surface area contributed by atoms with E-state index >= 15 is 0 Å². The van der Waals surface area contributed by atoms with Crippen LogP contribution in [0, 0.1) is 5.92 Å². The van der Waals surface area contributed by atoms with E-state index in [1.165, 1.54) is 6.08 Å². The van der Waals surface area contributed by atoms with Crippen LogP contribution in [-0.2, 0) is 25.5 Å². The Bertz CT molecular complexity index is 546. The second-order valence-electron chi connectivity index (χ2n) is 5.09. The lowest BCUT2D eigenvalue weighted by molar-refractivity contribution is -0.139. The van der Waals surface area contributed by atoms with Crippen molar-refractivity contribution in [1.29, 1.82) is 0 Å². The first kappa shape index (κ1) is 18.7. The van der Waals surface area contributed by atoms with Crippen LogP contribution in [0.4, 0.5) is 0 Å². The van der Waals surface area contributed by atoms with Gasteiger partial charge in [0, 0.05) is 11.6 Å². The second-order valence-corrected chi connectivity index (χ2v) is 5.09. The van der Waals surface area contributed by atoms with Gasteiger partial charge in [0.25, 0.3) is 0 Å². The molecule has 0 saturated carbocycles. The van der Waals surface area contributed by atoms with Gasteiger partial charge in [-0.1, -0.05) is 43.0 Å². The molecule has 0 radical (unpaired) electrons. The molecular formula is C19H24O4. The monoisotopic (exact) mass is 316 g/mol. The van der Waals surface area contributed by atoms with Crippen LogP contribution in [0.25, 0.3) is 0 Å². The van der Waals surface area contributed by atoms with Gasteiger partial charge in [-0.2, -0.15) is 0 Å². The van der Waals surface area contributed by atoms with Crippen LogP contribution < -0.4 is 0 Å². The molecule has 1 aromatic rings. The maximum Gasteiger partial charge on any atom is 0.333 e. The molecule has 0 spiro atoms. The Morgan fingerprint density at radius 3 is 2.39 bits per heavy atom. The highest BCUT2D eigenvalue weighted by Gasteiger charge is 2.15. The fraction of sp³-hybridized carbons (Fsp3) is 0.368. The summed E-state index contributed by atoms with van der Waals surface area (Å²) in [5.41, 5.74) is 1.53. The Balaban J connectivity index is 2.77. The van der Waals surface area contributed by atoms with Crippen molar-refractivity contribution in [2.45, 2.75) is 26.7 Å². The lowest BCUT2D eigenvalue weighted by Crippen LogP contribution is -2.12. The van der Waals surface area contributed by atoms with Crippen molar-refractivity contribution in [3.05, 3.63) is 60.2 Å². The molecule has 1 atom stereocenters. The minimum Gasteiger partial charge on any atom is -0.463 e. The maximum atomic E-state index is 11.7. The number of allylic oxidation sites excluding steroid dienone is 1. The molecule has 4 heteroatoms. The van der Waals surface area contributed by atoms with Crippen molar-refractivity contribution in [3.8, 4) is 0 Å². The van der Waals surface area contributed by atoms with Crippen LogP contribution in [0.2, 0.25) is 0 Å². The molecule has 0 bridgehead atoms. The summed E-state index contributed by atoms with van der Waals surface area (Å²) in [5, 5.41) is 0. The number of rotatable bonds is 9. The summed E-state index contributed by atoms with van der Waals surface area (Å²) >= 11 is 0. The van der Waals surface area contributed by atoms with Crippen LogP contribution in [0.5, 0.6) is 0 Å². The van der Waals surface area contributed by atoms with Crippen molar-refractivity contribution in [2.24, 2.45) is 5.92 Å². The molecule has 0 aliphatic carbocycles. The molecule has 124 valence electrons. The van der Waals surface area contributed by atoms with E-state index in [-0.39, 0.29) is 11.9 Å². The number of carbonyl (C=O) groups excluding carboxylic acids is 2. The highest BCUT2D eigenvalue weighted by atomic mass is 16.5. The topological polar surface area (TPSA) is 52.6 Å². The summed E-state index contributed by atoms with van der Waals surface area (Å²) in [6, 6.07) is 9.89. The smallest absolute Gasteiger partial charge is 0.333 e. The van der Waals surface area contributed by atoms with Crippen LogP contribution in [0.15, 0.2) is 54.6 Å². The standard InChI is InChI=1S/C19H24O4/c1-4-22-18(20)12-11-17(13-15(3)19(21)23-5-2)14-16-9-7-6-8-10-16/h6-12,17H,3-5,13-14H2,1-2H3/b12-11+. The lowest BCUT2D eigenvalue weighted by atomic mass is 9.92. The third-order valence-electron chi connectivity index (χ3n) is 3.20. The molecule has 0 aromatic heterocycles. The molecule has 0 saturated heterocycles. The van der Waals surface area contributed by atoms with Crippen LogP contribution in [-0.4, -0.2) is 25.2 Å². The first-order chi connectivity index (χ1) is 11.1. The molecule has 0 fully saturated rings. The highest BCUT2D eigenvalue weighted by molar-refractivity contribution is 5.87. The van der Waals surface area contributed by atoms with Gasteiger partial charge in [-0.25, -0.2) is 9.59 Å². The molecule has 23 heavy (non-hydrogen) atoms. The van der Waals surface area contributed by atoms with Crippen molar-refractivity contribution >= 4 is 11.9 Å². The average Bonchev–Trinajstić information content (AvgIpc) is 2.54. The van der Waals surface area contributed by atoms with Gasteiger partial charge in [-0.05, 0) is 38.2 Å².